The van der Waals surface area contributed by atoms with Gasteiger partial charge in [0.15, 0.2) is 0 Å². The number of hydrogen-bond donors (Lipinski definition) is 1. The molecular formula is C27H29N3O3. The van der Waals surface area contributed by atoms with Crippen molar-refractivity contribution in [1.29, 1.82) is 0 Å². The molecule has 3 fully saturated rings. The highest BCUT2D eigenvalue weighted by Crippen LogP contribution is 2.46. The largest absolute Gasteiger partial charge is 0.508 e. The zero-order chi connectivity index (χ0) is 22.6. The quantitative estimate of drug-likeness (QED) is 0.763. The third-order valence-electron chi connectivity index (χ3n) is 7.48. The maximum absolute atomic E-state index is 13.3. The number of aliphatic imine (C=N–C) groups is 1. The van der Waals surface area contributed by atoms with E-state index in [1.54, 1.807) is 12.1 Å². The first kappa shape index (κ1) is 20.5. The number of hydrogen-bond acceptors (Lipinski definition) is 4. The summed E-state index contributed by atoms with van der Waals surface area (Å²) in [5, 5.41) is 9.54. The summed E-state index contributed by atoms with van der Waals surface area (Å²) in [5.74, 6) is 2.01. The van der Waals surface area contributed by atoms with E-state index in [1.807, 2.05) is 46.2 Å². The van der Waals surface area contributed by atoms with Crippen LogP contribution in [0.5, 0.6) is 5.75 Å². The third kappa shape index (κ3) is 3.81. The number of nitrogens with zero attached hydrogens (tertiary/aromatic N) is 3. The van der Waals surface area contributed by atoms with Gasteiger partial charge in [-0.25, -0.2) is 0 Å². The molecule has 2 aromatic rings. The molecule has 2 heterocycles. The molecule has 2 amide bonds. The molecule has 0 unspecified atom stereocenters. The van der Waals surface area contributed by atoms with Crippen LogP contribution in [0.3, 0.4) is 0 Å². The minimum absolute atomic E-state index is 0.130. The van der Waals surface area contributed by atoms with Crippen LogP contribution >= 0.6 is 0 Å². The number of benzene rings is 2. The van der Waals surface area contributed by atoms with E-state index >= 15 is 0 Å². The fraction of sp³-hybridized carbons (Fsp3) is 0.444. The number of aromatic hydroxyl groups is 1. The Morgan fingerprint density at radius 3 is 2.24 bits per heavy atom. The van der Waals surface area contributed by atoms with Crippen molar-refractivity contribution in [2.24, 2.45) is 16.8 Å². The number of likely N-dealkylation sites (tertiary alicyclic amines) is 1. The first-order valence-corrected chi connectivity index (χ1v) is 12.1. The molecule has 33 heavy (non-hydrogen) atoms. The highest BCUT2D eigenvalue weighted by Gasteiger charge is 2.57. The maximum Gasteiger partial charge on any atom is 0.256 e. The molecule has 0 aromatic heterocycles. The van der Waals surface area contributed by atoms with Gasteiger partial charge in [-0.15, -0.1) is 0 Å². The van der Waals surface area contributed by atoms with Gasteiger partial charge in [0.2, 0.25) is 5.91 Å². The van der Waals surface area contributed by atoms with Crippen LogP contribution < -0.4 is 0 Å². The molecule has 6 rings (SSSR count). The summed E-state index contributed by atoms with van der Waals surface area (Å²) in [6.07, 6.45) is 5.76. The van der Waals surface area contributed by atoms with Crippen LogP contribution in [0, 0.1) is 11.8 Å². The van der Waals surface area contributed by atoms with Gasteiger partial charge in [-0.2, -0.15) is 0 Å². The SMILES string of the molecule is O=C(C1CC1)N1CCC[C@H](CN2C(=O)C3(CC3)N=C2c2ccc(-c3ccc(O)cc3)cc2)C1. The topological polar surface area (TPSA) is 73.2 Å². The van der Waals surface area contributed by atoms with Crippen LogP contribution in [0.15, 0.2) is 53.5 Å². The van der Waals surface area contributed by atoms with Crippen LogP contribution in [0.1, 0.15) is 44.1 Å². The molecule has 0 radical (unpaired) electrons. The Hall–Kier alpha value is -3.15. The van der Waals surface area contributed by atoms with E-state index < -0.39 is 5.54 Å². The van der Waals surface area contributed by atoms with Crippen molar-refractivity contribution in [3.8, 4) is 16.9 Å². The predicted octanol–water partition coefficient (Wildman–Crippen LogP) is 3.83. The van der Waals surface area contributed by atoms with Gasteiger partial charge in [-0.1, -0.05) is 36.4 Å². The Kier molecular flexibility index (Phi) is 4.78. The van der Waals surface area contributed by atoms with Crippen molar-refractivity contribution >= 4 is 17.6 Å². The lowest BCUT2D eigenvalue weighted by Gasteiger charge is -2.35. The van der Waals surface area contributed by atoms with Crippen molar-refractivity contribution in [3.05, 3.63) is 54.1 Å². The fourth-order valence-corrected chi connectivity index (χ4v) is 5.22. The van der Waals surface area contributed by atoms with Crippen LogP contribution in [0.4, 0.5) is 0 Å². The van der Waals surface area contributed by atoms with E-state index in [1.165, 1.54) is 0 Å². The van der Waals surface area contributed by atoms with Gasteiger partial charge in [0.1, 0.15) is 17.1 Å². The lowest BCUT2D eigenvalue weighted by molar-refractivity contribution is -0.134. The van der Waals surface area contributed by atoms with E-state index in [2.05, 4.69) is 0 Å². The van der Waals surface area contributed by atoms with E-state index in [-0.39, 0.29) is 17.6 Å². The van der Waals surface area contributed by atoms with Crippen LogP contribution in [0.2, 0.25) is 0 Å². The molecule has 6 nitrogen and oxygen atoms in total. The lowest BCUT2D eigenvalue weighted by atomic mass is 9.96. The first-order valence-electron chi connectivity index (χ1n) is 12.1. The minimum Gasteiger partial charge on any atom is -0.508 e. The number of carbonyl (C=O) groups excluding carboxylic acids is 2. The molecule has 1 spiro atoms. The average Bonchev–Trinajstić information content (AvgIpc) is 3.76. The summed E-state index contributed by atoms with van der Waals surface area (Å²) in [4.78, 5) is 34.7. The Morgan fingerprint density at radius 2 is 1.61 bits per heavy atom. The molecule has 6 heteroatoms. The van der Waals surface area contributed by atoms with Crippen molar-refractivity contribution < 1.29 is 14.7 Å². The number of phenolic OH excluding ortho intramolecular Hbond substituents is 1. The van der Waals surface area contributed by atoms with Gasteiger partial charge in [0, 0.05) is 31.1 Å². The summed E-state index contributed by atoms with van der Waals surface area (Å²) in [5.41, 5.74) is 2.50. The fourth-order valence-electron chi connectivity index (χ4n) is 5.22. The molecule has 1 atom stereocenters. The first-order chi connectivity index (χ1) is 16.0. The van der Waals surface area contributed by atoms with Crippen LogP contribution in [-0.4, -0.2) is 57.7 Å². The highest BCUT2D eigenvalue weighted by molar-refractivity contribution is 6.16. The number of amidine groups is 1. The Bertz CT molecular complexity index is 1110. The van der Waals surface area contributed by atoms with E-state index in [4.69, 9.17) is 4.99 Å². The van der Waals surface area contributed by atoms with Crippen molar-refractivity contribution in [2.45, 2.75) is 44.1 Å². The molecule has 2 aromatic carbocycles. The zero-order valence-electron chi connectivity index (χ0n) is 18.7. The summed E-state index contributed by atoms with van der Waals surface area (Å²) >= 11 is 0. The Labute approximate surface area is 193 Å². The monoisotopic (exact) mass is 443 g/mol. The smallest absolute Gasteiger partial charge is 0.256 e. The lowest BCUT2D eigenvalue weighted by Crippen LogP contribution is -2.46. The predicted molar refractivity (Wildman–Crippen MR) is 126 cm³/mol. The van der Waals surface area contributed by atoms with Gasteiger partial charge < -0.3 is 10.0 Å². The normalized spacial score (nSPS) is 23.7. The Morgan fingerprint density at radius 1 is 0.970 bits per heavy atom. The number of amides is 2. The number of piperidine rings is 1. The second kappa shape index (κ2) is 7.72. The van der Waals surface area contributed by atoms with Crippen molar-refractivity contribution in [3.63, 3.8) is 0 Å². The summed E-state index contributed by atoms with van der Waals surface area (Å²) in [6.45, 7) is 2.23. The van der Waals surface area contributed by atoms with Crippen LogP contribution in [0.25, 0.3) is 11.1 Å². The van der Waals surface area contributed by atoms with Crippen molar-refractivity contribution in [1.82, 2.24) is 9.80 Å². The van der Waals surface area contributed by atoms with Crippen molar-refractivity contribution in [2.75, 3.05) is 19.6 Å². The molecule has 1 saturated heterocycles. The Balaban J connectivity index is 1.21. The molecule has 0 bridgehead atoms. The standard InChI is InChI=1S/C27H29N3O3/c31-23-11-9-20(10-12-23)19-3-5-21(6-4-19)24-28-27(13-14-27)26(33)30(24)17-18-2-1-15-29(16-18)25(32)22-7-8-22/h3-6,9-12,18,22,31H,1-2,7-8,13-17H2/t18-/m0/s1. The molecule has 2 aliphatic heterocycles. The summed E-state index contributed by atoms with van der Waals surface area (Å²) < 4.78 is 0. The average molecular weight is 444 g/mol. The molecule has 2 saturated carbocycles. The molecule has 170 valence electrons. The number of carbonyl (C=O) groups is 2. The minimum atomic E-state index is -0.539. The number of rotatable bonds is 5. The van der Waals surface area contributed by atoms with E-state index in [0.717, 1.165) is 74.1 Å². The van der Waals surface area contributed by atoms with Gasteiger partial charge in [-0.3, -0.25) is 19.5 Å². The molecule has 2 aliphatic carbocycles. The summed E-state index contributed by atoms with van der Waals surface area (Å²) in [6, 6.07) is 15.3. The molecule has 1 N–H and O–H groups in total. The van der Waals surface area contributed by atoms with Crippen LogP contribution in [-0.2, 0) is 9.59 Å². The zero-order valence-corrected chi connectivity index (χ0v) is 18.7. The second-order valence-corrected chi connectivity index (χ2v) is 10.1. The van der Waals surface area contributed by atoms with E-state index in [0.29, 0.717) is 18.4 Å². The molecular weight excluding hydrogens is 414 g/mol. The third-order valence-corrected chi connectivity index (χ3v) is 7.48. The maximum atomic E-state index is 13.3. The van der Waals surface area contributed by atoms with E-state index in [9.17, 15) is 14.7 Å². The van der Waals surface area contributed by atoms with Gasteiger partial charge in [0.25, 0.3) is 5.91 Å². The van der Waals surface area contributed by atoms with Gasteiger partial charge in [0.05, 0.1) is 0 Å². The summed E-state index contributed by atoms with van der Waals surface area (Å²) in [7, 11) is 0. The highest BCUT2D eigenvalue weighted by atomic mass is 16.3. The number of phenols is 1. The second-order valence-electron chi connectivity index (χ2n) is 10.1. The van der Waals surface area contributed by atoms with Gasteiger partial charge in [-0.05, 0) is 67.7 Å². The molecule has 4 aliphatic rings. The van der Waals surface area contributed by atoms with Gasteiger partial charge >= 0.3 is 0 Å².